The Balaban J connectivity index is 2.03. The van der Waals surface area contributed by atoms with E-state index in [1.165, 1.54) is 0 Å². The van der Waals surface area contributed by atoms with Crippen molar-refractivity contribution in [1.29, 1.82) is 0 Å². The van der Waals surface area contributed by atoms with Crippen molar-refractivity contribution < 1.29 is 14.3 Å². The highest BCUT2D eigenvalue weighted by molar-refractivity contribution is 9.10. The van der Waals surface area contributed by atoms with Crippen molar-refractivity contribution in [2.24, 2.45) is 0 Å². The predicted molar refractivity (Wildman–Crippen MR) is 90.2 cm³/mol. The molecule has 0 unspecified atom stereocenters. The highest BCUT2D eigenvalue weighted by atomic mass is 79.9. The molecule has 0 aliphatic rings. The first-order chi connectivity index (χ1) is 10.3. The van der Waals surface area contributed by atoms with E-state index in [1.54, 1.807) is 0 Å². The molecule has 0 radical (unpaired) electrons. The largest absolute Gasteiger partial charge is 0.460 e. The van der Waals surface area contributed by atoms with Crippen LogP contribution in [-0.2, 0) is 16.0 Å². The van der Waals surface area contributed by atoms with Crippen molar-refractivity contribution >= 4 is 21.9 Å². The summed E-state index contributed by atoms with van der Waals surface area (Å²) >= 11 is 3.39. The smallest absolute Gasteiger partial charge is 0.310 e. The zero-order chi connectivity index (χ0) is 16.2. The second kappa shape index (κ2) is 6.97. The molecule has 0 fully saturated rings. The molecule has 22 heavy (non-hydrogen) atoms. The van der Waals surface area contributed by atoms with Crippen molar-refractivity contribution in [3.05, 3.63) is 58.6 Å². The number of esters is 1. The van der Waals surface area contributed by atoms with Crippen molar-refractivity contribution in [2.75, 3.05) is 0 Å². The zero-order valence-corrected chi connectivity index (χ0v) is 14.5. The minimum atomic E-state index is -0.470. The van der Waals surface area contributed by atoms with Gasteiger partial charge in [0, 0.05) is 4.47 Å². The van der Waals surface area contributed by atoms with Crippen molar-refractivity contribution in [2.45, 2.75) is 32.8 Å². The molecule has 116 valence electrons. The summed E-state index contributed by atoms with van der Waals surface area (Å²) in [6, 6.07) is 15.1. The summed E-state index contributed by atoms with van der Waals surface area (Å²) in [5.74, 6) is 1.20. The van der Waals surface area contributed by atoms with Crippen molar-refractivity contribution in [3.63, 3.8) is 0 Å². The van der Waals surface area contributed by atoms with Crippen LogP contribution < -0.4 is 4.74 Å². The standard InChI is InChI=1S/C18H19BrO3/c1-18(2,3)22-17(20)12-13-5-4-6-16(11-13)21-15-9-7-14(19)8-10-15/h4-11H,12H2,1-3H3. The Kier molecular flexibility index (Phi) is 5.24. The first-order valence-electron chi connectivity index (χ1n) is 7.06. The van der Waals surface area contributed by atoms with E-state index in [4.69, 9.17) is 9.47 Å². The van der Waals surface area contributed by atoms with E-state index in [1.807, 2.05) is 69.3 Å². The Hall–Kier alpha value is -1.81. The van der Waals surface area contributed by atoms with Gasteiger partial charge >= 0.3 is 5.97 Å². The Bertz CT molecular complexity index is 642. The van der Waals surface area contributed by atoms with Crippen LogP contribution in [0.4, 0.5) is 0 Å². The molecule has 2 rings (SSSR count). The van der Waals surface area contributed by atoms with E-state index in [-0.39, 0.29) is 12.4 Å². The second-order valence-electron chi connectivity index (χ2n) is 5.97. The maximum absolute atomic E-state index is 11.9. The van der Waals surface area contributed by atoms with Crippen molar-refractivity contribution in [1.82, 2.24) is 0 Å². The lowest BCUT2D eigenvalue weighted by atomic mass is 10.1. The van der Waals surface area contributed by atoms with E-state index in [0.717, 1.165) is 15.8 Å². The fraction of sp³-hybridized carbons (Fsp3) is 0.278. The Labute approximate surface area is 139 Å². The normalized spacial score (nSPS) is 11.1. The molecule has 0 saturated heterocycles. The lowest BCUT2D eigenvalue weighted by Gasteiger charge is -2.19. The maximum atomic E-state index is 11.9. The van der Waals surface area contributed by atoms with E-state index in [9.17, 15) is 4.79 Å². The zero-order valence-electron chi connectivity index (χ0n) is 12.9. The number of ether oxygens (including phenoxy) is 2. The van der Waals surface area contributed by atoms with Gasteiger partial charge in [0.1, 0.15) is 17.1 Å². The summed E-state index contributed by atoms with van der Waals surface area (Å²) in [6.45, 7) is 5.58. The number of hydrogen-bond donors (Lipinski definition) is 0. The molecule has 0 atom stereocenters. The van der Waals surface area contributed by atoms with Gasteiger partial charge in [0.2, 0.25) is 0 Å². The van der Waals surface area contributed by atoms with Crippen LogP contribution in [0, 0.1) is 0 Å². The summed E-state index contributed by atoms with van der Waals surface area (Å²) in [5.41, 5.74) is 0.395. The lowest BCUT2D eigenvalue weighted by Crippen LogP contribution is -2.24. The Morgan fingerprint density at radius 1 is 1.05 bits per heavy atom. The number of rotatable bonds is 4. The molecule has 0 amide bonds. The van der Waals surface area contributed by atoms with Gasteiger partial charge in [-0.3, -0.25) is 4.79 Å². The van der Waals surface area contributed by atoms with Crippen LogP contribution in [0.5, 0.6) is 11.5 Å². The summed E-state index contributed by atoms with van der Waals surface area (Å²) in [6.07, 6.45) is 0.231. The molecule has 0 bridgehead atoms. The minimum Gasteiger partial charge on any atom is -0.460 e. The van der Waals surface area contributed by atoms with E-state index >= 15 is 0 Å². The Morgan fingerprint density at radius 2 is 1.73 bits per heavy atom. The monoisotopic (exact) mass is 362 g/mol. The van der Waals surface area contributed by atoms with Crippen LogP contribution in [0.25, 0.3) is 0 Å². The average Bonchev–Trinajstić information content (AvgIpc) is 2.39. The van der Waals surface area contributed by atoms with E-state index < -0.39 is 5.60 Å². The topological polar surface area (TPSA) is 35.5 Å². The van der Waals surface area contributed by atoms with Crippen LogP contribution in [0.2, 0.25) is 0 Å². The number of hydrogen-bond acceptors (Lipinski definition) is 3. The SMILES string of the molecule is CC(C)(C)OC(=O)Cc1cccc(Oc2ccc(Br)cc2)c1. The quantitative estimate of drug-likeness (QED) is 0.707. The lowest BCUT2D eigenvalue weighted by molar-refractivity contribution is -0.153. The molecule has 0 N–H and O–H groups in total. The fourth-order valence-electron chi connectivity index (χ4n) is 1.90. The molecule has 0 saturated carbocycles. The highest BCUT2D eigenvalue weighted by Gasteiger charge is 2.16. The van der Waals surface area contributed by atoms with Crippen LogP contribution in [0.15, 0.2) is 53.0 Å². The molecule has 2 aromatic rings. The molecule has 0 aliphatic heterocycles. The Morgan fingerprint density at radius 3 is 2.36 bits per heavy atom. The summed E-state index contributed by atoms with van der Waals surface area (Å²) in [7, 11) is 0. The number of benzene rings is 2. The predicted octanol–water partition coefficient (Wildman–Crippen LogP) is 5.13. The maximum Gasteiger partial charge on any atom is 0.310 e. The molecule has 0 aromatic heterocycles. The average molecular weight is 363 g/mol. The first kappa shape index (κ1) is 16.6. The van der Waals surface area contributed by atoms with Gasteiger partial charge in [0.15, 0.2) is 0 Å². The van der Waals surface area contributed by atoms with Gasteiger partial charge in [-0.25, -0.2) is 0 Å². The molecular weight excluding hydrogens is 344 g/mol. The first-order valence-corrected chi connectivity index (χ1v) is 7.85. The van der Waals surface area contributed by atoms with Crippen LogP contribution >= 0.6 is 15.9 Å². The summed E-state index contributed by atoms with van der Waals surface area (Å²) in [5, 5.41) is 0. The molecule has 3 nitrogen and oxygen atoms in total. The summed E-state index contributed by atoms with van der Waals surface area (Å²) < 4.78 is 12.1. The minimum absolute atomic E-state index is 0.231. The molecule has 0 heterocycles. The van der Waals surface area contributed by atoms with E-state index in [0.29, 0.717) is 5.75 Å². The number of carbonyl (C=O) groups is 1. The second-order valence-corrected chi connectivity index (χ2v) is 6.88. The third-order valence-corrected chi connectivity index (χ3v) is 3.24. The molecule has 0 aliphatic carbocycles. The summed E-state index contributed by atoms with van der Waals surface area (Å²) in [4.78, 5) is 11.9. The van der Waals surface area contributed by atoms with E-state index in [2.05, 4.69) is 15.9 Å². The van der Waals surface area contributed by atoms with Gasteiger partial charge in [-0.1, -0.05) is 28.1 Å². The van der Waals surface area contributed by atoms with Gasteiger partial charge in [-0.2, -0.15) is 0 Å². The molecule has 2 aromatic carbocycles. The fourth-order valence-corrected chi connectivity index (χ4v) is 2.17. The van der Waals surface area contributed by atoms with Gasteiger partial charge in [-0.05, 0) is 62.7 Å². The number of halogens is 1. The van der Waals surface area contributed by atoms with Gasteiger partial charge in [0.25, 0.3) is 0 Å². The third kappa shape index (κ3) is 5.53. The molecule has 0 spiro atoms. The van der Waals surface area contributed by atoms with Crippen LogP contribution in [0.3, 0.4) is 0 Å². The van der Waals surface area contributed by atoms with Crippen LogP contribution in [0.1, 0.15) is 26.3 Å². The van der Waals surface area contributed by atoms with Crippen LogP contribution in [-0.4, -0.2) is 11.6 Å². The van der Waals surface area contributed by atoms with Gasteiger partial charge in [0.05, 0.1) is 6.42 Å². The third-order valence-electron chi connectivity index (χ3n) is 2.72. The van der Waals surface area contributed by atoms with Gasteiger partial charge in [-0.15, -0.1) is 0 Å². The van der Waals surface area contributed by atoms with Crippen molar-refractivity contribution in [3.8, 4) is 11.5 Å². The van der Waals surface area contributed by atoms with Gasteiger partial charge < -0.3 is 9.47 Å². The highest BCUT2D eigenvalue weighted by Crippen LogP contribution is 2.24. The molecule has 4 heteroatoms. The molecular formula is C18H19BrO3. The number of carbonyl (C=O) groups excluding carboxylic acids is 1.